The maximum absolute atomic E-state index is 10.2. The number of benzene rings is 2. The Balaban J connectivity index is 1.63. The highest BCUT2D eigenvalue weighted by Gasteiger charge is 2.45. The molecule has 1 N–H and O–H groups in total. The zero-order chi connectivity index (χ0) is 16.8. The Bertz CT molecular complexity index is 607. The second-order valence-corrected chi connectivity index (χ2v) is 6.62. The molecule has 0 aliphatic carbocycles. The molecule has 3 rings (SSSR count). The fraction of sp³-hybridized carbons (Fsp3) is 0.368. The van der Waals surface area contributed by atoms with Gasteiger partial charge in [-0.25, -0.2) is 0 Å². The van der Waals surface area contributed by atoms with E-state index < -0.39 is 12.4 Å². The van der Waals surface area contributed by atoms with Crippen LogP contribution in [0.25, 0.3) is 0 Å². The van der Waals surface area contributed by atoms with Crippen LogP contribution in [0, 0.1) is 0 Å². The average molecular weight is 440 g/mol. The largest absolute Gasteiger partial charge is 0.368 e. The minimum atomic E-state index is -0.964. The molecule has 1 heterocycles. The van der Waals surface area contributed by atoms with E-state index >= 15 is 0 Å². The molecular weight excluding hydrogens is 419 g/mol. The van der Waals surface area contributed by atoms with E-state index in [9.17, 15) is 5.11 Å². The van der Waals surface area contributed by atoms with Crippen molar-refractivity contribution in [3.8, 4) is 0 Å². The van der Waals surface area contributed by atoms with E-state index in [-0.39, 0.29) is 12.2 Å². The fourth-order valence-electron chi connectivity index (χ4n) is 2.74. The highest BCUT2D eigenvalue weighted by Crippen LogP contribution is 2.28. The molecule has 0 radical (unpaired) electrons. The molecular formula is C19H21IO4. The molecule has 2 aromatic carbocycles. The molecule has 1 saturated heterocycles. The lowest BCUT2D eigenvalue weighted by molar-refractivity contribution is -0.147. The smallest absolute Gasteiger partial charge is 0.184 e. The van der Waals surface area contributed by atoms with Gasteiger partial charge in [0.05, 0.1) is 19.3 Å². The molecule has 0 aromatic heterocycles. The van der Waals surface area contributed by atoms with Crippen LogP contribution < -0.4 is 0 Å². The van der Waals surface area contributed by atoms with Crippen molar-refractivity contribution in [1.29, 1.82) is 0 Å². The van der Waals surface area contributed by atoms with Crippen molar-refractivity contribution in [3.63, 3.8) is 0 Å². The zero-order valence-corrected chi connectivity index (χ0v) is 15.4. The average Bonchev–Trinajstić information content (AvgIpc) is 2.94. The SMILES string of the molecule is O[C@@H]1O[C@H](CI)[C@@H](OCc2ccccc2)[C@H]1OCc1ccccc1. The summed E-state index contributed by atoms with van der Waals surface area (Å²) in [5.41, 5.74) is 2.15. The monoisotopic (exact) mass is 440 g/mol. The molecule has 0 saturated carbocycles. The van der Waals surface area contributed by atoms with Gasteiger partial charge in [0.2, 0.25) is 0 Å². The third-order valence-corrected chi connectivity index (χ3v) is 4.88. The molecule has 0 bridgehead atoms. The van der Waals surface area contributed by atoms with Crippen LogP contribution >= 0.6 is 22.6 Å². The summed E-state index contributed by atoms with van der Waals surface area (Å²) in [6.45, 7) is 0.894. The number of aliphatic hydroxyl groups excluding tert-OH is 1. The molecule has 0 spiro atoms. The van der Waals surface area contributed by atoms with Gasteiger partial charge in [0.25, 0.3) is 0 Å². The molecule has 0 amide bonds. The van der Waals surface area contributed by atoms with Crippen molar-refractivity contribution in [2.75, 3.05) is 4.43 Å². The summed E-state index contributed by atoms with van der Waals surface area (Å²) in [4.78, 5) is 0. The van der Waals surface area contributed by atoms with Crippen LogP contribution in [0.4, 0.5) is 0 Å². The minimum Gasteiger partial charge on any atom is -0.368 e. The van der Waals surface area contributed by atoms with E-state index in [1.54, 1.807) is 0 Å². The van der Waals surface area contributed by atoms with Crippen LogP contribution in [0.5, 0.6) is 0 Å². The summed E-state index contributed by atoms with van der Waals surface area (Å²) in [7, 11) is 0. The van der Waals surface area contributed by atoms with Gasteiger partial charge in [-0.1, -0.05) is 83.3 Å². The summed E-state index contributed by atoms with van der Waals surface area (Å²) in [6.07, 6.45) is -1.92. The van der Waals surface area contributed by atoms with E-state index in [0.717, 1.165) is 15.6 Å². The van der Waals surface area contributed by atoms with Crippen molar-refractivity contribution in [2.24, 2.45) is 0 Å². The van der Waals surface area contributed by atoms with Crippen LogP contribution in [0.1, 0.15) is 11.1 Å². The molecule has 1 fully saturated rings. The van der Waals surface area contributed by atoms with E-state index in [4.69, 9.17) is 14.2 Å². The molecule has 2 aromatic rings. The zero-order valence-electron chi connectivity index (χ0n) is 13.3. The number of ether oxygens (including phenoxy) is 3. The molecule has 24 heavy (non-hydrogen) atoms. The summed E-state index contributed by atoms with van der Waals surface area (Å²) < 4.78 is 18.3. The quantitative estimate of drug-likeness (QED) is 0.531. The van der Waals surface area contributed by atoms with E-state index in [2.05, 4.69) is 22.6 Å². The van der Waals surface area contributed by atoms with Gasteiger partial charge in [0.1, 0.15) is 12.2 Å². The normalized spacial score (nSPS) is 26.6. The summed E-state index contributed by atoms with van der Waals surface area (Å²) >= 11 is 2.25. The molecule has 5 heteroatoms. The standard InChI is InChI=1S/C19H21IO4/c20-11-16-17(22-12-14-7-3-1-4-8-14)18(19(21)24-16)23-13-15-9-5-2-6-10-15/h1-10,16-19,21H,11-13H2/t16-,17-,18-,19-/m1/s1. The lowest BCUT2D eigenvalue weighted by atomic mass is 10.1. The first-order valence-electron chi connectivity index (χ1n) is 7.98. The predicted molar refractivity (Wildman–Crippen MR) is 99.8 cm³/mol. The van der Waals surface area contributed by atoms with Crippen molar-refractivity contribution in [3.05, 3.63) is 71.8 Å². The van der Waals surface area contributed by atoms with Crippen molar-refractivity contribution in [2.45, 2.75) is 37.8 Å². The molecule has 0 unspecified atom stereocenters. The molecule has 1 aliphatic rings. The van der Waals surface area contributed by atoms with Crippen molar-refractivity contribution in [1.82, 2.24) is 0 Å². The molecule has 4 nitrogen and oxygen atoms in total. The first kappa shape index (κ1) is 17.8. The minimum absolute atomic E-state index is 0.176. The molecule has 4 atom stereocenters. The van der Waals surface area contributed by atoms with E-state index in [0.29, 0.717) is 13.2 Å². The van der Waals surface area contributed by atoms with Crippen molar-refractivity contribution >= 4 is 22.6 Å². The number of hydrogen-bond acceptors (Lipinski definition) is 4. The highest BCUT2D eigenvalue weighted by molar-refractivity contribution is 14.1. The molecule has 128 valence electrons. The Morgan fingerprint density at radius 2 is 1.33 bits per heavy atom. The maximum atomic E-state index is 10.2. The fourth-order valence-corrected chi connectivity index (χ4v) is 3.45. The van der Waals surface area contributed by atoms with Crippen LogP contribution in [-0.4, -0.2) is 34.1 Å². The summed E-state index contributed by atoms with van der Waals surface area (Å²) in [5, 5.41) is 10.2. The van der Waals surface area contributed by atoms with Gasteiger partial charge in [0, 0.05) is 4.43 Å². The highest BCUT2D eigenvalue weighted by atomic mass is 127. The third kappa shape index (κ3) is 4.55. The van der Waals surface area contributed by atoms with E-state index in [1.807, 2.05) is 60.7 Å². The van der Waals surface area contributed by atoms with Crippen LogP contribution in [0.2, 0.25) is 0 Å². The third-order valence-electron chi connectivity index (χ3n) is 4.01. The van der Waals surface area contributed by atoms with Gasteiger partial charge >= 0.3 is 0 Å². The second kappa shape index (κ2) is 8.92. The Morgan fingerprint density at radius 3 is 1.83 bits per heavy atom. The topological polar surface area (TPSA) is 47.9 Å². The number of aliphatic hydroxyl groups is 1. The number of alkyl halides is 1. The molecule has 1 aliphatic heterocycles. The van der Waals surface area contributed by atoms with Crippen molar-refractivity contribution < 1.29 is 19.3 Å². The van der Waals surface area contributed by atoms with Crippen LogP contribution in [-0.2, 0) is 27.4 Å². The lowest BCUT2D eigenvalue weighted by Crippen LogP contribution is -2.38. The van der Waals surface area contributed by atoms with Gasteiger partial charge < -0.3 is 19.3 Å². The second-order valence-electron chi connectivity index (χ2n) is 5.74. The summed E-state index contributed by atoms with van der Waals surface area (Å²) in [5.74, 6) is 0. The summed E-state index contributed by atoms with van der Waals surface area (Å²) in [6, 6.07) is 19.9. The number of hydrogen-bond donors (Lipinski definition) is 1. The Labute approximate surface area is 155 Å². The maximum Gasteiger partial charge on any atom is 0.184 e. The van der Waals surface area contributed by atoms with Gasteiger partial charge in [-0.2, -0.15) is 0 Å². The Morgan fingerprint density at radius 1 is 0.833 bits per heavy atom. The van der Waals surface area contributed by atoms with Gasteiger partial charge in [-0.05, 0) is 11.1 Å². The van der Waals surface area contributed by atoms with Crippen LogP contribution in [0.15, 0.2) is 60.7 Å². The van der Waals surface area contributed by atoms with Gasteiger partial charge in [-0.3, -0.25) is 0 Å². The van der Waals surface area contributed by atoms with Gasteiger partial charge in [0.15, 0.2) is 6.29 Å². The Kier molecular flexibility index (Phi) is 6.62. The predicted octanol–water partition coefficient (Wildman–Crippen LogP) is 3.31. The van der Waals surface area contributed by atoms with E-state index in [1.165, 1.54) is 0 Å². The number of halogens is 1. The van der Waals surface area contributed by atoms with Crippen LogP contribution in [0.3, 0.4) is 0 Å². The Hall–Kier alpha value is -0.990. The van der Waals surface area contributed by atoms with Gasteiger partial charge in [-0.15, -0.1) is 0 Å². The first-order valence-corrected chi connectivity index (χ1v) is 9.51. The lowest BCUT2D eigenvalue weighted by Gasteiger charge is -2.23. The first-order chi connectivity index (χ1) is 11.8. The number of rotatable bonds is 7.